The van der Waals surface area contributed by atoms with E-state index in [0.29, 0.717) is 22.2 Å². The van der Waals surface area contributed by atoms with Gasteiger partial charge in [-0.3, -0.25) is 4.79 Å². The average molecular weight is 659 g/mol. The third kappa shape index (κ3) is 7.78. The number of alkyl carbamates (subject to hydrolysis) is 1. The maximum absolute atomic E-state index is 15.5. The second kappa shape index (κ2) is 13.2. The van der Waals surface area contributed by atoms with Crippen molar-refractivity contribution in [2.75, 3.05) is 5.32 Å². The average Bonchev–Trinajstić information content (AvgIpc) is 3.36. The minimum Gasteiger partial charge on any atom is -0.453 e. The van der Waals surface area contributed by atoms with E-state index in [4.69, 9.17) is 9.47 Å². The molecular formula is C35H35FN4O6S. The van der Waals surface area contributed by atoms with Crippen molar-refractivity contribution in [2.45, 2.75) is 57.6 Å². The van der Waals surface area contributed by atoms with Crippen LogP contribution in [0, 0.1) is 19.7 Å². The van der Waals surface area contributed by atoms with Gasteiger partial charge in [-0.1, -0.05) is 42.0 Å². The molecule has 0 saturated carbocycles. The zero-order chi connectivity index (χ0) is 33.9. The molecule has 3 aromatic carbocycles. The number of carbonyl (C=O) groups is 2. The number of aromatic nitrogens is 2. The number of pyridine rings is 1. The van der Waals surface area contributed by atoms with Crippen molar-refractivity contribution >= 4 is 38.7 Å². The summed E-state index contributed by atoms with van der Waals surface area (Å²) in [5.74, 6) is -1.15. The van der Waals surface area contributed by atoms with Crippen LogP contribution >= 0.6 is 0 Å². The first-order valence-electron chi connectivity index (χ1n) is 14.8. The lowest BCUT2D eigenvalue weighted by molar-refractivity contribution is -0.118. The molecule has 244 valence electrons. The minimum absolute atomic E-state index is 0.0482. The van der Waals surface area contributed by atoms with Crippen LogP contribution in [0.3, 0.4) is 0 Å². The number of amides is 2. The van der Waals surface area contributed by atoms with Crippen LogP contribution in [0.15, 0.2) is 96.2 Å². The van der Waals surface area contributed by atoms with Gasteiger partial charge in [0.1, 0.15) is 17.4 Å². The Morgan fingerprint density at radius 3 is 2.32 bits per heavy atom. The first kappa shape index (κ1) is 33.1. The highest BCUT2D eigenvalue weighted by Gasteiger charge is 2.26. The van der Waals surface area contributed by atoms with Gasteiger partial charge in [-0.2, -0.15) is 0 Å². The van der Waals surface area contributed by atoms with Gasteiger partial charge in [-0.15, -0.1) is 0 Å². The number of para-hydroxylation sites is 1. The zero-order valence-corrected chi connectivity index (χ0v) is 27.4. The van der Waals surface area contributed by atoms with Gasteiger partial charge in [0.05, 0.1) is 10.3 Å². The number of nitrogens with zero attached hydrogens (tertiary/aromatic N) is 2. The Hall–Kier alpha value is -5.23. The molecule has 12 heteroatoms. The fourth-order valence-corrected chi connectivity index (χ4v) is 6.25. The van der Waals surface area contributed by atoms with Crippen LogP contribution in [0.2, 0.25) is 0 Å². The Labute approximate surface area is 272 Å². The molecule has 0 aliphatic heterocycles. The number of aryl methyl sites for hydroxylation is 2. The number of anilines is 1. The monoisotopic (exact) mass is 658 g/mol. The van der Waals surface area contributed by atoms with E-state index in [1.165, 1.54) is 42.7 Å². The number of ether oxygens (including phenoxy) is 2. The number of carbonyl (C=O) groups excluding carboxylic acids is 2. The molecule has 0 bridgehead atoms. The Bertz CT molecular complexity index is 2040. The fourth-order valence-electron chi connectivity index (χ4n) is 4.88. The van der Waals surface area contributed by atoms with Crippen LogP contribution in [-0.2, 0) is 26.0 Å². The van der Waals surface area contributed by atoms with E-state index in [2.05, 4.69) is 15.6 Å². The number of benzene rings is 3. The van der Waals surface area contributed by atoms with E-state index in [1.54, 1.807) is 76.2 Å². The molecular weight excluding hydrogens is 623 g/mol. The Morgan fingerprint density at radius 1 is 0.957 bits per heavy atom. The third-order valence-electron chi connectivity index (χ3n) is 7.09. The summed E-state index contributed by atoms with van der Waals surface area (Å²) in [6.07, 6.45) is 2.01. The van der Waals surface area contributed by atoms with Gasteiger partial charge < -0.3 is 20.1 Å². The van der Waals surface area contributed by atoms with Gasteiger partial charge in [-0.05, 0) is 88.2 Å². The lowest BCUT2D eigenvalue weighted by Crippen LogP contribution is -2.47. The van der Waals surface area contributed by atoms with Crippen molar-refractivity contribution in [2.24, 2.45) is 0 Å². The van der Waals surface area contributed by atoms with Crippen molar-refractivity contribution in [3.63, 3.8) is 0 Å². The Kier molecular flexibility index (Phi) is 9.34. The summed E-state index contributed by atoms with van der Waals surface area (Å²) in [6.45, 7) is 8.70. The van der Waals surface area contributed by atoms with E-state index in [-0.39, 0.29) is 28.5 Å². The van der Waals surface area contributed by atoms with E-state index < -0.39 is 39.5 Å². The maximum Gasteiger partial charge on any atom is 0.408 e. The molecule has 0 aliphatic carbocycles. The molecule has 1 atom stereocenters. The molecule has 10 nitrogen and oxygen atoms in total. The molecule has 0 saturated heterocycles. The topological polar surface area (TPSA) is 129 Å². The summed E-state index contributed by atoms with van der Waals surface area (Å²) in [7, 11) is -3.97. The van der Waals surface area contributed by atoms with E-state index in [1.807, 2.05) is 6.92 Å². The molecule has 0 radical (unpaired) electrons. The summed E-state index contributed by atoms with van der Waals surface area (Å²) < 4.78 is 54.8. The highest BCUT2D eigenvalue weighted by Crippen LogP contribution is 2.35. The summed E-state index contributed by atoms with van der Waals surface area (Å²) in [5.41, 5.74) is 1.77. The molecule has 0 fully saturated rings. The van der Waals surface area contributed by atoms with Crippen molar-refractivity contribution in [3.05, 3.63) is 114 Å². The first-order valence-corrected chi connectivity index (χ1v) is 16.3. The molecule has 5 aromatic rings. The molecule has 2 heterocycles. The molecule has 2 N–H and O–H groups in total. The summed E-state index contributed by atoms with van der Waals surface area (Å²) in [6, 6.07) is 19.9. The number of hydrogen-bond donors (Lipinski definition) is 2. The molecule has 47 heavy (non-hydrogen) atoms. The van der Waals surface area contributed by atoms with Crippen LogP contribution in [0.4, 0.5) is 14.9 Å². The van der Waals surface area contributed by atoms with E-state index in [9.17, 15) is 18.0 Å². The first-order chi connectivity index (χ1) is 22.2. The van der Waals surface area contributed by atoms with E-state index in [0.717, 1.165) is 9.54 Å². The summed E-state index contributed by atoms with van der Waals surface area (Å²) in [5, 5.41) is 5.75. The number of halogens is 1. The molecule has 5 rings (SSSR count). The van der Waals surface area contributed by atoms with Crippen molar-refractivity contribution in [1.29, 1.82) is 0 Å². The Balaban J connectivity index is 1.40. The van der Waals surface area contributed by atoms with Crippen LogP contribution in [0.5, 0.6) is 11.5 Å². The second-order valence-electron chi connectivity index (χ2n) is 12.1. The van der Waals surface area contributed by atoms with Crippen LogP contribution in [-0.4, -0.2) is 41.0 Å². The number of nitrogens with one attached hydrogen (secondary N) is 2. The summed E-state index contributed by atoms with van der Waals surface area (Å²) >= 11 is 0. The van der Waals surface area contributed by atoms with Gasteiger partial charge in [0.2, 0.25) is 5.91 Å². The minimum atomic E-state index is -3.97. The van der Waals surface area contributed by atoms with Crippen molar-refractivity contribution in [1.82, 2.24) is 14.3 Å². The molecule has 0 unspecified atom stereocenters. The van der Waals surface area contributed by atoms with Gasteiger partial charge in [0.15, 0.2) is 17.2 Å². The van der Waals surface area contributed by atoms with Gasteiger partial charge in [0, 0.05) is 24.5 Å². The van der Waals surface area contributed by atoms with Crippen LogP contribution in [0.25, 0.3) is 11.0 Å². The normalized spacial score (nSPS) is 12.4. The lowest BCUT2D eigenvalue weighted by atomic mass is 10.0. The fraction of sp³-hybridized carbons (Fsp3) is 0.229. The van der Waals surface area contributed by atoms with Gasteiger partial charge in [-0.25, -0.2) is 26.6 Å². The quantitative estimate of drug-likeness (QED) is 0.176. The largest absolute Gasteiger partial charge is 0.453 e. The molecule has 2 amide bonds. The van der Waals surface area contributed by atoms with Gasteiger partial charge in [0.25, 0.3) is 10.0 Å². The zero-order valence-electron chi connectivity index (χ0n) is 26.6. The SMILES string of the molecule is Cc1ccc(S(=O)(=O)n2cc(C)c3c(Oc4ccc(C[C@H](NC(=O)OC(C)(C)C)C(=O)Nc5ccccc5)cc4F)ccnc32)cc1. The molecule has 2 aromatic heterocycles. The second-order valence-corrected chi connectivity index (χ2v) is 13.9. The Morgan fingerprint density at radius 2 is 1.66 bits per heavy atom. The predicted molar refractivity (Wildman–Crippen MR) is 177 cm³/mol. The van der Waals surface area contributed by atoms with Crippen LogP contribution in [0.1, 0.15) is 37.5 Å². The van der Waals surface area contributed by atoms with Crippen LogP contribution < -0.4 is 15.4 Å². The standard InChI is InChI=1S/C35H35FN4O6S/c1-22-11-14-26(15-12-22)47(43,44)40-21-23(2)31-30(17-18-37-32(31)40)45-29-16-13-24(19-27(29)36)20-28(39-34(42)46-35(3,4)5)33(41)38-25-9-7-6-8-10-25/h6-19,21,28H,20H2,1-5H3,(H,38,41)(H,39,42)/t28-/m0/s1. The lowest BCUT2D eigenvalue weighted by Gasteiger charge is -2.23. The highest BCUT2D eigenvalue weighted by atomic mass is 32.2. The number of rotatable bonds is 9. The highest BCUT2D eigenvalue weighted by molar-refractivity contribution is 7.90. The van der Waals surface area contributed by atoms with Gasteiger partial charge >= 0.3 is 6.09 Å². The van der Waals surface area contributed by atoms with Crippen molar-refractivity contribution < 1.29 is 31.9 Å². The van der Waals surface area contributed by atoms with E-state index >= 15 is 4.39 Å². The predicted octanol–water partition coefficient (Wildman–Crippen LogP) is 6.90. The maximum atomic E-state index is 15.5. The summed E-state index contributed by atoms with van der Waals surface area (Å²) in [4.78, 5) is 30.2. The number of fused-ring (bicyclic) bond motifs is 1. The number of hydrogen-bond acceptors (Lipinski definition) is 7. The molecule has 0 aliphatic rings. The molecule has 0 spiro atoms. The smallest absolute Gasteiger partial charge is 0.408 e. The third-order valence-corrected chi connectivity index (χ3v) is 8.75. The van der Waals surface area contributed by atoms with Crippen molar-refractivity contribution in [3.8, 4) is 11.5 Å².